The average Bonchev–Trinajstić information content (AvgIpc) is 3.17. The van der Waals surface area contributed by atoms with Crippen LogP contribution in [0.25, 0.3) is 11.7 Å². The molecule has 1 fully saturated rings. The average molecular weight is 308 g/mol. The molecule has 0 radical (unpaired) electrons. The molecule has 0 amide bonds. The summed E-state index contributed by atoms with van der Waals surface area (Å²) < 4.78 is 16.0. The SMILES string of the molecule is O=C(CSc1nnc(-c2ccco2)o1)OC1CCCCC1. The van der Waals surface area contributed by atoms with Crippen LogP contribution in [0.1, 0.15) is 32.1 Å². The lowest BCUT2D eigenvalue weighted by Gasteiger charge is -2.21. The molecular formula is C14H16N2O4S. The minimum absolute atomic E-state index is 0.0771. The smallest absolute Gasteiger partial charge is 0.316 e. The fraction of sp³-hybridized carbons (Fsp3) is 0.500. The number of hydrogen-bond acceptors (Lipinski definition) is 7. The molecule has 112 valence electrons. The van der Waals surface area contributed by atoms with Crippen LogP contribution in [0.15, 0.2) is 32.5 Å². The highest BCUT2D eigenvalue weighted by Crippen LogP contribution is 2.24. The van der Waals surface area contributed by atoms with Gasteiger partial charge < -0.3 is 13.6 Å². The number of aromatic nitrogens is 2. The van der Waals surface area contributed by atoms with Crippen molar-refractivity contribution in [3.63, 3.8) is 0 Å². The number of carbonyl (C=O) groups is 1. The summed E-state index contributed by atoms with van der Waals surface area (Å²) in [5.74, 6) is 0.767. The highest BCUT2D eigenvalue weighted by atomic mass is 32.2. The van der Waals surface area contributed by atoms with Gasteiger partial charge in [0.1, 0.15) is 11.9 Å². The van der Waals surface area contributed by atoms with E-state index in [1.54, 1.807) is 12.1 Å². The first-order chi connectivity index (χ1) is 10.3. The molecule has 2 heterocycles. The van der Waals surface area contributed by atoms with E-state index in [-0.39, 0.29) is 17.8 Å². The van der Waals surface area contributed by atoms with Gasteiger partial charge >= 0.3 is 5.97 Å². The molecule has 6 nitrogen and oxygen atoms in total. The number of furan rings is 1. The van der Waals surface area contributed by atoms with Gasteiger partial charge in [-0.25, -0.2) is 0 Å². The molecule has 1 aliphatic carbocycles. The molecule has 0 unspecified atom stereocenters. The summed E-state index contributed by atoms with van der Waals surface area (Å²) in [5, 5.41) is 8.07. The Morgan fingerprint density at radius 3 is 2.95 bits per heavy atom. The number of hydrogen-bond donors (Lipinski definition) is 0. The molecule has 0 aromatic carbocycles. The quantitative estimate of drug-likeness (QED) is 0.619. The van der Waals surface area contributed by atoms with Crippen LogP contribution in [-0.4, -0.2) is 28.0 Å². The van der Waals surface area contributed by atoms with E-state index in [2.05, 4.69) is 10.2 Å². The van der Waals surface area contributed by atoms with Crippen molar-refractivity contribution in [1.82, 2.24) is 10.2 Å². The molecule has 2 aromatic heterocycles. The van der Waals surface area contributed by atoms with Gasteiger partial charge in [0.05, 0.1) is 6.26 Å². The molecule has 0 bridgehead atoms. The summed E-state index contributed by atoms with van der Waals surface area (Å²) in [6, 6.07) is 3.48. The number of nitrogens with zero attached hydrogens (tertiary/aromatic N) is 2. The van der Waals surface area contributed by atoms with Crippen LogP contribution < -0.4 is 0 Å². The van der Waals surface area contributed by atoms with Crippen molar-refractivity contribution in [3.05, 3.63) is 18.4 Å². The van der Waals surface area contributed by atoms with Crippen LogP contribution in [0.2, 0.25) is 0 Å². The van der Waals surface area contributed by atoms with Gasteiger partial charge in [-0.1, -0.05) is 18.2 Å². The molecule has 0 saturated heterocycles. The maximum atomic E-state index is 11.8. The topological polar surface area (TPSA) is 78.4 Å². The summed E-state index contributed by atoms with van der Waals surface area (Å²) in [4.78, 5) is 11.8. The van der Waals surface area contributed by atoms with Crippen LogP contribution in [0, 0.1) is 0 Å². The van der Waals surface area contributed by atoms with Crippen LogP contribution in [0.5, 0.6) is 0 Å². The molecule has 2 aromatic rings. The number of ether oxygens (including phenoxy) is 1. The zero-order chi connectivity index (χ0) is 14.5. The standard InChI is InChI=1S/C14H16N2O4S/c17-12(19-10-5-2-1-3-6-10)9-21-14-16-15-13(20-14)11-7-4-8-18-11/h4,7-8,10H,1-3,5-6,9H2. The Balaban J connectivity index is 1.47. The van der Waals surface area contributed by atoms with E-state index in [1.807, 2.05) is 0 Å². The summed E-state index contributed by atoms with van der Waals surface area (Å²) in [5.41, 5.74) is 0. The van der Waals surface area contributed by atoms with E-state index in [0.29, 0.717) is 16.9 Å². The van der Waals surface area contributed by atoms with Gasteiger partial charge in [0.15, 0.2) is 5.76 Å². The van der Waals surface area contributed by atoms with Gasteiger partial charge in [-0.15, -0.1) is 10.2 Å². The number of esters is 1. The van der Waals surface area contributed by atoms with Gasteiger partial charge in [0.2, 0.25) is 0 Å². The second-order valence-corrected chi connectivity index (χ2v) is 5.82. The van der Waals surface area contributed by atoms with E-state index in [4.69, 9.17) is 13.6 Å². The Morgan fingerprint density at radius 1 is 1.33 bits per heavy atom. The molecule has 7 heteroatoms. The second kappa shape index (κ2) is 6.80. The molecule has 0 spiro atoms. The fourth-order valence-electron chi connectivity index (χ4n) is 2.29. The van der Waals surface area contributed by atoms with Crippen LogP contribution >= 0.6 is 11.8 Å². The molecule has 1 saturated carbocycles. The zero-order valence-corrected chi connectivity index (χ0v) is 12.3. The van der Waals surface area contributed by atoms with Crippen molar-refractivity contribution in [2.45, 2.75) is 43.4 Å². The highest BCUT2D eigenvalue weighted by Gasteiger charge is 2.19. The van der Waals surface area contributed by atoms with Gasteiger partial charge in [0, 0.05) is 0 Å². The van der Waals surface area contributed by atoms with Crippen LogP contribution in [0.4, 0.5) is 0 Å². The first-order valence-electron chi connectivity index (χ1n) is 7.01. The zero-order valence-electron chi connectivity index (χ0n) is 11.5. The number of carbonyl (C=O) groups excluding carboxylic acids is 1. The summed E-state index contributed by atoms with van der Waals surface area (Å²) >= 11 is 1.18. The third-order valence-electron chi connectivity index (χ3n) is 3.30. The van der Waals surface area contributed by atoms with Crippen LogP contribution in [-0.2, 0) is 9.53 Å². The molecule has 3 rings (SSSR count). The first-order valence-corrected chi connectivity index (χ1v) is 7.99. The second-order valence-electron chi connectivity index (χ2n) is 4.89. The van der Waals surface area contributed by atoms with Gasteiger partial charge in [-0.2, -0.15) is 0 Å². The Kier molecular flexibility index (Phi) is 4.59. The third-order valence-corrected chi connectivity index (χ3v) is 4.09. The monoisotopic (exact) mass is 308 g/mol. The maximum Gasteiger partial charge on any atom is 0.316 e. The van der Waals surface area contributed by atoms with E-state index < -0.39 is 0 Å². The minimum atomic E-state index is -0.232. The van der Waals surface area contributed by atoms with Crippen molar-refractivity contribution in [2.24, 2.45) is 0 Å². The van der Waals surface area contributed by atoms with Crippen molar-refractivity contribution >= 4 is 17.7 Å². The van der Waals surface area contributed by atoms with Gasteiger partial charge in [-0.05, 0) is 37.8 Å². The molecule has 21 heavy (non-hydrogen) atoms. The molecule has 0 N–H and O–H groups in total. The largest absolute Gasteiger partial charge is 0.462 e. The summed E-state index contributed by atoms with van der Waals surface area (Å²) in [7, 11) is 0. The van der Waals surface area contributed by atoms with Crippen molar-refractivity contribution in [1.29, 1.82) is 0 Å². The van der Waals surface area contributed by atoms with Crippen molar-refractivity contribution in [3.8, 4) is 11.7 Å². The maximum absolute atomic E-state index is 11.8. The minimum Gasteiger partial charge on any atom is -0.462 e. The lowest BCUT2D eigenvalue weighted by Crippen LogP contribution is -2.21. The Hall–Kier alpha value is -1.76. The molecular weight excluding hydrogens is 292 g/mol. The lowest BCUT2D eigenvalue weighted by molar-refractivity contribution is -0.147. The predicted molar refractivity (Wildman–Crippen MR) is 75.7 cm³/mol. The van der Waals surface area contributed by atoms with E-state index in [9.17, 15) is 4.79 Å². The van der Waals surface area contributed by atoms with E-state index in [1.165, 1.54) is 24.4 Å². The Labute approximate surface area is 126 Å². The predicted octanol–water partition coefficient (Wildman–Crippen LogP) is 3.30. The van der Waals surface area contributed by atoms with E-state index >= 15 is 0 Å². The van der Waals surface area contributed by atoms with Crippen molar-refractivity contribution in [2.75, 3.05) is 5.75 Å². The fourth-order valence-corrected chi connectivity index (χ4v) is 2.84. The van der Waals surface area contributed by atoms with Crippen LogP contribution in [0.3, 0.4) is 0 Å². The number of thioether (sulfide) groups is 1. The summed E-state index contributed by atoms with van der Waals surface area (Å²) in [6.45, 7) is 0. The van der Waals surface area contributed by atoms with Gasteiger partial charge in [-0.3, -0.25) is 4.79 Å². The lowest BCUT2D eigenvalue weighted by atomic mass is 9.98. The Morgan fingerprint density at radius 2 is 2.19 bits per heavy atom. The van der Waals surface area contributed by atoms with Crippen molar-refractivity contribution < 1.29 is 18.4 Å². The third kappa shape index (κ3) is 3.87. The first kappa shape index (κ1) is 14.2. The number of rotatable bonds is 5. The van der Waals surface area contributed by atoms with E-state index in [0.717, 1.165) is 25.7 Å². The molecule has 0 aliphatic heterocycles. The molecule has 0 atom stereocenters. The molecule has 1 aliphatic rings. The summed E-state index contributed by atoms with van der Waals surface area (Å²) in [6.07, 6.45) is 7.07. The van der Waals surface area contributed by atoms with Gasteiger partial charge in [0.25, 0.3) is 11.1 Å². The Bertz CT molecular complexity index is 576. The highest BCUT2D eigenvalue weighted by molar-refractivity contribution is 7.99. The normalized spacial score (nSPS) is 16.0.